The van der Waals surface area contributed by atoms with Crippen LogP contribution in [0.2, 0.25) is 0 Å². The molecule has 0 bridgehead atoms. The topological polar surface area (TPSA) is 15.6 Å². The van der Waals surface area contributed by atoms with E-state index in [0.717, 1.165) is 20.4 Å². The minimum atomic E-state index is 0.273. The summed E-state index contributed by atoms with van der Waals surface area (Å²) in [4.78, 5) is 7.13. The molecule has 4 heteroatoms. The number of fused-ring (bicyclic) bond motifs is 3. The number of rotatable bonds is 0. The minimum absolute atomic E-state index is 0.273. The van der Waals surface area contributed by atoms with Crippen LogP contribution in [0.4, 0.5) is 0 Å². The molecule has 20 heavy (non-hydrogen) atoms. The van der Waals surface area contributed by atoms with Crippen molar-refractivity contribution >= 4 is 37.6 Å². The molecule has 2 atom stereocenters. The van der Waals surface area contributed by atoms with Crippen LogP contribution in [0.15, 0.2) is 73.5 Å². The third kappa shape index (κ3) is 1.78. The van der Waals surface area contributed by atoms with Crippen molar-refractivity contribution in [3.05, 3.63) is 68.5 Å². The zero-order valence-corrected chi connectivity index (χ0v) is 14.0. The summed E-state index contributed by atoms with van der Waals surface area (Å²) in [6, 6.07) is 0.308. The average molecular weight is 392 g/mol. The standard InChI is InChI=1S/C16H12Br2N2/c1-20-15-5-3-10(17)6-9(15)7-14-16(20)12-8-11(18)2-4-13(12)19-14/h2-8,12,15H,1H3. The summed E-state index contributed by atoms with van der Waals surface area (Å²) in [5.74, 6) is 0.273. The zero-order valence-electron chi connectivity index (χ0n) is 10.8. The molecule has 100 valence electrons. The number of likely N-dealkylation sites (N-methyl/N-ethyl adjacent to an activating group) is 1. The van der Waals surface area contributed by atoms with Gasteiger partial charge in [0.1, 0.15) is 0 Å². The van der Waals surface area contributed by atoms with Crippen molar-refractivity contribution in [1.29, 1.82) is 0 Å². The van der Waals surface area contributed by atoms with Gasteiger partial charge >= 0.3 is 0 Å². The number of allylic oxidation sites excluding steroid dienone is 7. The average Bonchev–Trinajstić information content (AvgIpc) is 2.76. The zero-order chi connectivity index (χ0) is 13.9. The van der Waals surface area contributed by atoms with Crippen LogP contribution in [-0.2, 0) is 0 Å². The summed E-state index contributed by atoms with van der Waals surface area (Å²) < 4.78 is 2.24. The monoisotopic (exact) mass is 390 g/mol. The first kappa shape index (κ1) is 12.6. The highest BCUT2D eigenvalue weighted by atomic mass is 79.9. The highest BCUT2D eigenvalue weighted by Gasteiger charge is 2.36. The maximum Gasteiger partial charge on any atom is 0.0838 e. The second-order valence-corrected chi connectivity index (χ2v) is 7.09. The minimum Gasteiger partial charge on any atom is -0.365 e. The molecule has 0 radical (unpaired) electrons. The van der Waals surface area contributed by atoms with Crippen LogP contribution >= 0.6 is 31.9 Å². The van der Waals surface area contributed by atoms with Crippen LogP contribution in [0.3, 0.4) is 0 Å². The van der Waals surface area contributed by atoms with E-state index in [9.17, 15) is 0 Å². The van der Waals surface area contributed by atoms with Gasteiger partial charge in [-0.1, -0.05) is 44.0 Å². The Hall–Kier alpha value is -1.13. The van der Waals surface area contributed by atoms with Gasteiger partial charge in [-0.2, -0.15) is 0 Å². The second kappa shape index (κ2) is 4.43. The maximum absolute atomic E-state index is 4.79. The second-order valence-electron chi connectivity index (χ2n) is 5.26. The first-order valence-corrected chi connectivity index (χ1v) is 8.10. The predicted octanol–water partition coefficient (Wildman–Crippen LogP) is 4.21. The Bertz CT molecular complexity index is 717. The molecule has 4 aliphatic rings. The molecule has 2 heterocycles. The Balaban J connectivity index is 1.84. The van der Waals surface area contributed by atoms with Gasteiger partial charge in [-0.15, -0.1) is 0 Å². The molecule has 0 saturated carbocycles. The van der Waals surface area contributed by atoms with Crippen LogP contribution in [0.5, 0.6) is 0 Å². The quantitative estimate of drug-likeness (QED) is 0.604. The Labute approximate surface area is 134 Å². The van der Waals surface area contributed by atoms with Crippen molar-refractivity contribution in [3.8, 4) is 0 Å². The molecule has 2 aliphatic carbocycles. The molecule has 0 N–H and O–H groups in total. The van der Waals surface area contributed by atoms with E-state index in [-0.39, 0.29) is 5.92 Å². The van der Waals surface area contributed by atoms with Crippen molar-refractivity contribution in [2.75, 3.05) is 7.05 Å². The van der Waals surface area contributed by atoms with Crippen molar-refractivity contribution in [2.24, 2.45) is 10.9 Å². The summed E-state index contributed by atoms with van der Waals surface area (Å²) in [5.41, 5.74) is 4.81. The summed E-state index contributed by atoms with van der Waals surface area (Å²) in [5, 5.41) is 0. The molecule has 0 spiro atoms. The van der Waals surface area contributed by atoms with Crippen LogP contribution in [-0.4, -0.2) is 23.7 Å². The lowest BCUT2D eigenvalue weighted by molar-refractivity contribution is 0.365. The van der Waals surface area contributed by atoms with Gasteiger partial charge in [-0.25, -0.2) is 0 Å². The van der Waals surface area contributed by atoms with Gasteiger partial charge < -0.3 is 4.90 Å². The number of aliphatic imine (C=N–C) groups is 1. The van der Waals surface area contributed by atoms with E-state index in [1.807, 2.05) is 0 Å². The lowest BCUT2D eigenvalue weighted by Crippen LogP contribution is -2.37. The molecule has 0 aromatic rings. The third-order valence-corrected chi connectivity index (χ3v) is 5.07. The van der Waals surface area contributed by atoms with E-state index in [1.165, 1.54) is 11.3 Å². The van der Waals surface area contributed by atoms with Gasteiger partial charge in [0, 0.05) is 16.0 Å². The smallest absolute Gasteiger partial charge is 0.0838 e. The first-order chi connectivity index (χ1) is 9.63. The van der Waals surface area contributed by atoms with E-state index in [2.05, 4.69) is 86.3 Å². The lowest BCUT2D eigenvalue weighted by Gasteiger charge is -2.37. The number of hydrogen-bond acceptors (Lipinski definition) is 2. The summed E-state index contributed by atoms with van der Waals surface area (Å²) >= 11 is 7.12. The van der Waals surface area contributed by atoms with Gasteiger partial charge in [-0.3, -0.25) is 4.99 Å². The van der Waals surface area contributed by atoms with E-state index in [4.69, 9.17) is 4.99 Å². The molecular formula is C16H12Br2N2. The van der Waals surface area contributed by atoms with Gasteiger partial charge in [0.15, 0.2) is 0 Å². The van der Waals surface area contributed by atoms with Crippen LogP contribution < -0.4 is 0 Å². The van der Waals surface area contributed by atoms with Crippen molar-refractivity contribution in [3.63, 3.8) is 0 Å². The van der Waals surface area contributed by atoms with Gasteiger partial charge in [-0.05, 0) is 36.0 Å². The predicted molar refractivity (Wildman–Crippen MR) is 89.9 cm³/mol. The summed E-state index contributed by atoms with van der Waals surface area (Å²) in [6.45, 7) is 0. The van der Waals surface area contributed by atoms with E-state index >= 15 is 0 Å². The fraction of sp³-hybridized carbons (Fsp3) is 0.188. The Morgan fingerprint density at radius 3 is 2.80 bits per heavy atom. The van der Waals surface area contributed by atoms with Crippen LogP contribution in [0.25, 0.3) is 0 Å². The summed E-state index contributed by atoms with van der Waals surface area (Å²) in [7, 11) is 2.16. The fourth-order valence-electron chi connectivity index (χ4n) is 3.13. The van der Waals surface area contributed by atoms with Crippen molar-refractivity contribution in [1.82, 2.24) is 4.90 Å². The van der Waals surface area contributed by atoms with Gasteiger partial charge in [0.25, 0.3) is 0 Å². The Morgan fingerprint density at radius 1 is 1.10 bits per heavy atom. The molecule has 0 saturated heterocycles. The highest BCUT2D eigenvalue weighted by molar-refractivity contribution is 9.12. The molecule has 0 aromatic heterocycles. The largest absolute Gasteiger partial charge is 0.365 e. The van der Waals surface area contributed by atoms with Crippen LogP contribution in [0, 0.1) is 5.92 Å². The molecule has 2 unspecified atom stereocenters. The van der Waals surface area contributed by atoms with Crippen LogP contribution in [0.1, 0.15) is 0 Å². The molecule has 2 nitrogen and oxygen atoms in total. The summed E-state index contributed by atoms with van der Waals surface area (Å²) in [6.07, 6.45) is 15.1. The van der Waals surface area contributed by atoms with Crippen molar-refractivity contribution in [2.45, 2.75) is 6.04 Å². The maximum atomic E-state index is 4.79. The molecular weight excluding hydrogens is 380 g/mol. The van der Waals surface area contributed by atoms with Gasteiger partial charge in [0.2, 0.25) is 0 Å². The molecule has 2 aliphatic heterocycles. The Morgan fingerprint density at radius 2 is 1.95 bits per heavy atom. The molecule has 0 fully saturated rings. The first-order valence-electron chi connectivity index (χ1n) is 6.51. The number of nitrogens with zero attached hydrogens (tertiary/aromatic N) is 2. The molecule has 0 amide bonds. The van der Waals surface area contributed by atoms with Gasteiger partial charge in [0.05, 0.1) is 29.1 Å². The van der Waals surface area contributed by atoms with E-state index < -0.39 is 0 Å². The van der Waals surface area contributed by atoms with Crippen molar-refractivity contribution < 1.29 is 0 Å². The fourth-order valence-corrected chi connectivity index (χ4v) is 3.94. The number of hydrogen-bond donors (Lipinski definition) is 0. The Kier molecular flexibility index (Phi) is 2.79. The highest BCUT2D eigenvalue weighted by Crippen LogP contribution is 2.41. The third-order valence-electron chi connectivity index (χ3n) is 4.05. The van der Waals surface area contributed by atoms with E-state index in [1.54, 1.807) is 0 Å². The number of halogens is 2. The lowest BCUT2D eigenvalue weighted by atomic mass is 9.89. The van der Waals surface area contributed by atoms with E-state index in [0.29, 0.717) is 6.04 Å². The SMILES string of the molecule is CN1C2=C(C=C3C=C(Br)C=CC31)N=C1C=CC(Br)=CC12. The molecule has 4 rings (SSSR count). The normalized spacial score (nSPS) is 30.2. The molecule has 0 aromatic carbocycles.